The van der Waals surface area contributed by atoms with Gasteiger partial charge in [-0.25, -0.2) is 13.4 Å². The maximum absolute atomic E-state index is 12.7. The molecule has 0 saturated carbocycles. The maximum Gasteiger partial charge on any atom is 0.233 e. The van der Waals surface area contributed by atoms with Crippen LogP contribution in [0.3, 0.4) is 0 Å². The zero-order valence-electron chi connectivity index (χ0n) is 15.5. The molecule has 0 radical (unpaired) electrons. The van der Waals surface area contributed by atoms with Crippen LogP contribution in [-0.4, -0.2) is 58.6 Å². The van der Waals surface area contributed by atoms with Crippen LogP contribution in [0.15, 0.2) is 23.4 Å². The third kappa shape index (κ3) is 4.60. The molecule has 9 heteroatoms. The normalized spacial score (nSPS) is 18.9. The lowest BCUT2D eigenvalue weighted by Gasteiger charge is -2.26. The fourth-order valence-corrected chi connectivity index (χ4v) is 6.32. The number of imidazole rings is 1. The number of carbonyl (C=O) groups excluding carboxylic acids is 1. The van der Waals surface area contributed by atoms with Gasteiger partial charge in [0.15, 0.2) is 15.0 Å². The number of halogens is 1. The second kappa shape index (κ2) is 8.41. The summed E-state index contributed by atoms with van der Waals surface area (Å²) < 4.78 is 25.6. The predicted molar refractivity (Wildman–Crippen MR) is 110 cm³/mol. The van der Waals surface area contributed by atoms with Gasteiger partial charge in [0.2, 0.25) is 5.91 Å². The fraction of sp³-hybridized carbons (Fsp3) is 0.556. The molecule has 2 heterocycles. The second-order valence-electron chi connectivity index (χ2n) is 6.70. The van der Waals surface area contributed by atoms with E-state index in [1.165, 1.54) is 11.8 Å². The summed E-state index contributed by atoms with van der Waals surface area (Å²) in [5, 5.41) is 1.42. The Balaban J connectivity index is 1.75. The second-order valence-corrected chi connectivity index (χ2v) is 10.3. The van der Waals surface area contributed by atoms with Gasteiger partial charge in [-0.05, 0) is 38.0 Å². The molecule has 0 N–H and O–H groups in total. The number of amides is 1. The molecule has 1 atom stereocenters. The summed E-state index contributed by atoms with van der Waals surface area (Å²) in [5.41, 5.74) is 1.82. The van der Waals surface area contributed by atoms with Crippen molar-refractivity contribution in [2.45, 2.75) is 44.4 Å². The molecular weight excluding hydrogens is 406 g/mol. The maximum atomic E-state index is 12.7. The van der Waals surface area contributed by atoms with Crippen LogP contribution < -0.4 is 0 Å². The lowest BCUT2D eigenvalue weighted by atomic mass is 10.2. The number of carbonyl (C=O) groups is 1. The molecule has 0 aliphatic carbocycles. The number of aryl methyl sites for hydroxylation is 1. The number of aromatic nitrogens is 2. The van der Waals surface area contributed by atoms with E-state index in [0.717, 1.165) is 29.2 Å². The molecule has 1 amide bonds. The Morgan fingerprint density at radius 2 is 2.19 bits per heavy atom. The molecule has 3 rings (SSSR count). The van der Waals surface area contributed by atoms with E-state index in [1.54, 1.807) is 4.90 Å². The van der Waals surface area contributed by atoms with Crippen LogP contribution in [0.25, 0.3) is 11.0 Å². The molecule has 2 aromatic rings. The number of rotatable bonds is 7. The third-order valence-corrected chi connectivity index (χ3v) is 7.70. The monoisotopic (exact) mass is 429 g/mol. The van der Waals surface area contributed by atoms with Gasteiger partial charge in [0, 0.05) is 24.2 Å². The number of benzene rings is 1. The molecule has 1 aromatic heterocycles. The van der Waals surface area contributed by atoms with E-state index in [9.17, 15) is 13.2 Å². The van der Waals surface area contributed by atoms with Crippen LogP contribution >= 0.6 is 23.4 Å². The highest BCUT2D eigenvalue weighted by atomic mass is 35.5. The molecule has 0 bridgehead atoms. The number of nitrogens with zero attached hydrogens (tertiary/aromatic N) is 3. The minimum atomic E-state index is -3.02. The zero-order valence-corrected chi connectivity index (χ0v) is 17.9. The van der Waals surface area contributed by atoms with Gasteiger partial charge in [0.25, 0.3) is 0 Å². The minimum Gasteiger partial charge on any atom is -0.338 e. The summed E-state index contributed by atoms with van der Waals surface area (Å²) in [6.07, 6.45) is 1.48. The Bertz CT molecular complexity index is 943. The highest BCUT2D eigenvalue weighted by Crippen LogP contribution is 2.27. The van der Waals surface area contributed by atoms with Crippen LogP contribution in [0.5, 0.6) is 0 Å². The minimum absolute atomic E-state index is 0.0438. The molecule has 0 spiro atoms. The lowest BCUT2D eigenvalue weighted by molar-refractivity contribution is -0.129. The zero-order chi connectivity index (χ0) is 19.6. The van der Waals surface area contributed by atoms with Gasteiger partial charge in [0.1, 0.15) is 0 Å². The molecule has 6 nitrogen and oxygen atoms in total. The van der Waals surface area contributed by atoms with Gasteiger partial charge >= 0.3 is 0 Å². The van der Waals surface area contributed by atoms with Gasteiger partial charge in [-0.1, -0.05) is 30.3 Å². The van der Waals surface area contributed by atoms with Crippen molar-refractivity contribution in [3.63, 3.8) is 0 Å². The van der Waals surface area contributed by atoms with Gasteiger partial charge in [-0.3, -0.25) is 4.79 Å². The predicted octanol–water partition coefficient (Wildman–Crippen LogP) is 3.23. The highest BCUT2D eigenvalue weighted by Gasteiger charge is 2.33. The number of thioether (sulfide) groups is 1. The number of sulfone groups is 1. The van der Waals surface area contributed by atoms with E-state index in [2.05, 4.69) is 16.5 Å². The smallest absolute Gasteiger partial charge is 0.233 e. The standard InChI is InChI=1S/C18H24ClN3O3S2/c1-3-8-22-16-6-5-13(19)10-15(16)20-18(22)26-11-17(23)21(4-2)14-7-9-27(24,25)12-14/h5-6,10,14H,3-4,7-9,11-12H2,1-2H3. The van der Waals surface area contributed by atoms with Crippen LogP contribution in [0, 0.1) is 0 Å². The van der Waals surface area contributed by atoms with Crippen molar-refractivity contribution in [1.82, 2.24) is 14.5 Å². The Labute approximate surface area is 169 Å². The molecular formula is C18H24ClN3O3S2. The SMILES string of the molecule is CCCn1c(SCC(=O)N(CC)C2CCS(=O)(=O)C2)nc2cc(Cl)ccc21. The van der Waals surface area contributed by atoms with E-state index in [-0.39, 0.29) is 29.2 Å². The Kier molecular flexibility index (Phi) is 6.38. The largest absolute Gasteiger partial charge is 0.338 e. The van der Waals surface area contributed by atoms with Gasteiger partial charge in [-0.2, -0.15) is 0 Å². The number of hydrogen-bond acceptors (Lipinski definition) is 5. The summed E-state index contributed by atoms with van der Waals surface area (Å²) in [6.45, 7) is 5.32. The Morgan fingerprint density at radius 1 is 1.41 bits per heavy atom. The topological polar surface area (TPSA) is 72.3 Å². The molecule has 1 unspecified atom stereocenters. The van der Waals surface area contributed by atoms with Crippen LogP contribution in [0.4, 0.5) is 0 Å². The van der Waals surface area contributed by atoms with E-state index in [0.29, 0.717) is 18.0 Å². The Hall–Kier alpha value is -1.25. The van der Waals surface area contributed by atoms with Crippen molar-refractivity contribution in [2.75, 3.05) is 23.8 Å². The average Bonchev–Trinajstić information content (AvgIpc) is 3.13. The lowest BCUT2D eigenvalue weighted by Crippen LogP contribution is -2.42. The first kappa shape index (κ1) is 20.5. The van der Waals surface area contributed by atoms with Crippen LogP contribution in [0.1, 0.15) is 26.7 Å². The first-order valence-electron chi connectivity index (χ1n) is 9.13. The van der Waals surface area contributed by atoms with Crippen molar-refractivity contribution in [1.29, 1.82) is 0 Å². The van der Waals surface area contributed by atoms with Gasteiger partial charge in [0.05, 0.1) is 28.3 Å². The average molecular weight is 430 g/mol. The molecule has 148 valence electrons. The summed E-state index contributed by atoms with van der Waals surface area (Å²) in [6, 6.07) is 5.42. The molecule has 1 aromatic carbocycles. The van der Waals surface area contributed by atoms with Crippen molar-refractivity contribution in [3.8, 4) is 0 Å². The summed E-state index contributed by atoms with van der Waals surface area (Å²) >= 11 is 7.47. The molecule has 27 heavy (non-hydrogen) atoms. The van der Waals surface area contributed by atoms with E-state index in [4.69, 9.17) is 11.6 Å². The summed E-state index contributed by atoms with van der Waals surface area (Å²) in [5.74, 6) is 0.439. The first-order valence-corrected chi connectivity index (χ1v) is 12.3. The van der Waals surface area contributed by atoms with E-state index < -0.39 is 9.84 Å². The summed E-state index contributed by atoms with van der Waals surface area (Å²) in [7, 11) is -3.02. The first-order chi connectivity index (χ1) is 12.8. The summed E-state index contributed by atoms with van der Waals surface area (Å²) in [4.78, 5) is 19.1. The van der Waals surface area contributed by atoms with E-state index in [1.807, 2.05) is 25.1 Å². The molecule has 1 aliphatic heterocycles. The van der Waals surface area contributed by atoms with Crippen molar-refractivity contribution < 1.29 is 13.2 Å². The highest BCUT2D eigenvalue weighted by molar-refractivity contribution is 7.99. The van der Waals surface area contributed by atoms with Gasteiger partial charge in [-0.15, -0.1) is 0 Å². The van der Waals surface area contributed by atoms with Crippen molar-refractivity contribution in [2.24, 2.45) is 0 Å². The molecule has 1 aliphatic rings. The quantitative estimate of drug-likeness (QED) is 0.632. The van der Waals surface area contributed by atoms with Crippen LogP contribution in [-0.2, 0) is 21.2 Å². The molecule has 1 saturated heterocycles. The third-order valence-electron chi connectivity index (χ3n) is 4.76. The van der Waals surface area contributed by atoms with Crippen molar-refractivity contribution in [3.05, 3.63) is 23.2 Å². The number of hydrogen-bond donors (Lipinski definition) is 0. The van der Waals surface area contributed by atoms with Crippen LogP contribution in [0.2, 0.25) is 5.02 Å². The van der Waals surface area contributed by atoms with Crippen molar-refractivity contribution >= 4 is 50.1 Å². The van der Waals surface area contributed by atoms with E-state index >= 15 is 0 Å². The number of fused-ring (bicyclic) bond motifs is 1. The Morgan fingerprint density at radius 3 is 2.81 bits per heavy atom. The molecule has 1 fully saturated rings. The van der Waals surface area contributed by atoms with Gasteiger partial charge < -0.3 is 9.47 Å². The fourth-order valence-electron chi connectivity index (χ4n) is 3.50.